The molecule has 1 atom stereocenters. The maximum absolute atomic E-state index is 12.2. The van der Waals surface area contributed by atoms with Crippen molar-refractivity contribution >= 4 is 26.0 Å². The van der Waals surface area contributed by atoms with Crippen molar-refractivity contribution in [2.45, 2.75) is 30.4 Å². The van der Waals surface area contributed by atoms with Crippen LogP contribution in [0.1, 0.15) is 18.4 Å². The summed E-state index contributed by atoms with van der Waals surface area (Å²) in [5, 5.41) is 0. The zero-order valence-electron chi connectivity index (χ0n) is 10.4. The lowest BCUT2D eigenvalue weighted by Crippen LogP contribution is -2.32. The summed E-state index contributed by atoms with van der Waals surface area (Å²) in [6, 6.07) is 5.00. The Hall–Kier alpha value is -0.470. The molecule has 19 heavy (non-hydrogen) atoms. The third-order valence-corrected chi connectivity index (χ3v) is 5.45. The molecule has 1 saturated heterocycles. The first-order valence-electron chi connectivity index (χ1n) is 6.12. The Kier molecular flexibility index (Phi) is 4.97. The second-order valence-corrected chi connectivity index (χ2v) is 7.05. The molecule has 0 radical (unpaired) electrons. The highest BCUT2D eigenvalue weighted by atomic mass is 79.9. The Morgan fingerprint density at radius 2 is 2.26 bits per heavy atom. The molecule has 106 valence electrons. The maximum Gasteiger partial charge on any atom is 0.241 e. The molecule has 0 amide bonds. The second-order valence-electron chi connectivity index (χ2n) is 4.46. The quantitative estimate of drug-likeness (QED) is 0.841. The molecule has 0 aliphatic carbocycles. The highest BCUT2D eigenvalue weighted by molar-refractivity contribution is 9.10. The van der Waals surface area contributed by atoms with Crippen molar-refractivity contribution in [3.05, 3.63) is 28.2 Å². The first-order valence-corrected chi connectivity index (χ1v) is 8.40. The molecule has 1 unspecified atom stereocenters. The van der Waals surface area contributed by atoms with Crippen LogP contribution in [0.25, 0.3) is 0 Å². The van der Waals surface area contributed by atoms with E-state index in [0.29, 0.717) is 24.2 Å². The van der Waals surface area contributed by atoms with Crippen LogP contribution in [0.3, 0.4) is 0 Å². The molecule has 1 aromatic carbocycles. The van der Waals surface area contributed by atoms with Crippen LogP contribution >= 0.6 is 15.9 Å². The fraction of sp³-hybridized carbons (Fsp3) is 0.500. The Labute approximate surface area is 121 Å². The number of nitrogens with two attached hydrogens (primary N) is 1. The first kappa shape index (κ1) is 14.9. The van der Waals surface area contributed by atoms with Gasteiger partial charge in [0.1, 0.15) is 0 Å². The van der Waals surface area contributed by atoms with Crippen molar-refractivity contribution < 1.29 is 13.2 Å². The molecule has 7 heteroatoms. The predicted octanol–water partition coefficient (Wildman–Crippen LogP) is 1.37. The Morgan fingerprint density at radius 1 is 1.47 bits per heavy atom. The van der Waals surface area contributed by atoms with Crippen molar-refractivity contribution in [1.29, 1.82) is 0 Å². The topological polar surface area (TPSA) is 81.4 Å². The highest BCUT2D eigenvalue weighted by Crippen LogP contribution is 2.23. The third-order valence-electron chi connectivity index (χ3n) is 3.05. The minimum absolute atomic E-state index is 0.0168. The smallest absolute Gasteiger partial charge is 0.241 e. The van der Waals surface area contributed by atoms with Gasteiger partial charge in [-0.15, -0.1) is 0 Å². The number of ether oxygens (including phenoxy) is 1. The molecule has 1 aliphatic rings. The number of rotatable bonds is 5. The Balaban J connectivity index is 2.10. The standard InChI is InChI=1S/C12H17BrN2O3S/c13-11-6-9(7-14)3-4-12(11)19(16,17)15-8-10-2-1-5-18-10/h3-4,6,10,15H,1-2,5,7-8,14H2. The second kappa shape index (κ2) is 6.32. The lowest BCUT2D eigenvalue weighted by atomic mass is 10.2. The third kappa shape index (κ3) is 3.76. The van der Waals surface area contributed by atoms with Crippen molar-refractivity contribution in [2.75, 3.05) is 13.2 Å². The number of hydrogen-bond donors (Lipinski definition) is 2. The number of halogens is 1. The van der Waals surface area contributed by atoms with Gasteiger partial charge in [-0.25, -0.2) is 13.1 Å². The molecule has 1 aromatic rings. The van der Waals surface area contributed by atoms with Crippen molar-refractivity contribution in [2.24, 2.45) is 5.73 Å². The van der Waals surface area contributed by atoms with E-state index in [1.807, 2.05) is 0 Å². The monoisotopic (exact) mass is 348 g/mol. The Morgan fingerprint density at radius 3 is 2.84 bits per heavy atom. The van der Waals surface area contributed by atoms with Gasteiger partial charge in [0.25, 0.3) is 0 Å². The fourth-order valence-corrected chi connectivity index (χ4v) is 4.16. The van der Waals surface area contributed by atoms with E-state index in [4.69, 9.17) is 10.5 Å². The molecule has 0 spiro atoms. The minimum atomic E-state index is -3.52. The zero-order valence-corrected chi connectivity index (χ0v) is 12.8. The van der Waals surface area contributed by atoms with Crippen LogP contribution in [0, 0.1) is 0 Å². The van der Waals surface area contributed by atoms with Crippen LogP contribution in [0.2, 0.25) is 0 Å². The number of benzene rings is 1. The fourth-order valence-electron chi connectivity index (χ4n) is 1.97. The van der Waals surface area contributed by atoms with E-state index in [1.165, 1.54) is 0 Å². The Bertz CT molecular complexity index is 542. The molecule has 3 N–H and O–H groups in total. The van der Waals surface area contributed by atoms with Crippen molar-refractivity contribution in [1.82, 2.24) is 4.72 Å². The van der Waals surface area contributed by atoms with Gasteiger partial charge in [0.05, 0.1) is 11.0 Å². The van der Waals surface area contributed by atoms with E-state index < -0.39 is 10.0 Å². The van der Waals surface area contributed by atoms with Gasteiger partial charge in [-0.05, 0) is 46.5 Å². The summed E-state index contributed by atoms with van der Waals surface area (Å²) in [5.74, 6) is 0. The molecule has 0 saturated carbocycles. The SMILES string of the molecule is NCc1ccc(S(=O)(=O)NCC2CCCO2)c(Br)c1. The summed E-state index contributed by atoms with van der Waals surface area (Å²) in [4.78, 5) is 0.225. The van der Waals surface area contributed by atoms with Gasteiger partial charge in [0, 0.05) is 24.2 Å². The van der Waals surface area contributed by atoms with E-state index in [-0.39, 0.29) is 11.0 Å². The van der Waals surface area contributed by atoms with Crippen LogP contribution in [0.5, 0.6) is 0 Å². The first-order chi connectivity index (χ1) is 9.03. The lowest BCUT2D eigenvalue weighted by Gasteiger charge is -2.12. The van der Waals surface area contributed by atoms with Crippen molar-refractivity contribution in [3.63, 3.8) is 0 Å². The molecular formula is C12H17BrN2O3S. The summed E-state index contributed by atoms with van der Waals surface area (Å²) in [5.41, 5.74) is 6.40. The molecule has 2 rings (SSSR count). The van der Waals surface area contributed by atoms with E-state index in [0.717, 1.165) is 18.4 Å². The van der Waals surface area contributed by atoms with Crippen LogP contribution in [0.15, 0.2) is 27.6 Å². The molecule has 0 bridgehead atoms. The molecule has 5 nitrogen and oxygen atoms in total. The van der Waals surface area contributed by atoms with Gasteiger partial charge in [0.2, 0.25) is 10.0 Å². The van der Waals surface area contributed by atoms with E-state index >= 15 is 0 Å². The zero-order chi connectivity index (χ0) is 13.9. The number of nitrogens with one attached hydrogen (secondary N) is 1. The van der Waals surface area contributed by atoms with Gasteiger partial charge < -0.3 is 10.5 Å². The van der Waals surface area contributed by atoms with Gasteiger partial charge in [-0.3, -0.25) is 0 Å². The predicted molar refractivity (Wildman–Crippen MR) is 76.2 cm³/mol. The maximum atomic E-state index is 12.2. The van der Waals surface area contributed by atoms with Crippen LogP contribution in [-0.2, 0) is 21.3 Å². The summed E-state index contributed by atoms with van der Waals surface area (Å²) in [6.45, 7) is 1.40. The van der Waals surface area contributed by atoms with Gasteiger partial charge in [-0.2, -0.15) is 0 Å². The van der Waals surface area contributed by atoms with Gasteiger partial charge >= 0.3 is 0 Å². The minimum Gasteiger partial charge on any atom is -0.377 e. The van der Waals surface area contributed by atoms with Crippen molar-refractivity contribution in [3.8, 4) is 0 Å². The average molecular weight is 349 g/mol. The highest BCUT2D eigenvalue weighted by Gasteiger charge is 2.21. The average Bonchev–Trinajstić information content (AvgIpc) is 2.89. The lowest BCUT2D eigenvalue weighted by molar-refractivity contribution is 0.114. The summed E-state index contributed by atoms with van der Waals surface area (Å²) in [6.07, 6.45) is 1.87. The number of sulfonamides is 1. The summed E-state index contributed by atoms with van der Waals surface area (Å²) >= 11 is 3.27. The van der Waals surface area contributed by atoms with E-state index in [1.54, 1.807) is 18.2 Å². The normalized spacial score (nSPS) is 19.8. The summed E-state index contributed by atoms with van der Waals surface area (Å²) in [7, 11) is -3.52. The molecule has 0 aromatic heterocycles. The molecule has 1 aliphatic heterocycles. The van der Waals surface area contributed by atoms with Crippen LogP contribution < -0.4 is 10.5 Å². The number of hydrogen-bond acceptors (Lipinski definition) is 4. The van der Waals surface area contributed by atoms with E-state index in [9.17, 15) is 8.42 Å². The van der Waals surface area contributed by atoms with Crippen LogP contribution in [0.4, 0.5) is 0 Å². The van der Waals surface area contributed by atoms with Crippen LogP contribution in [-0.4, -0.2) is 27.7 Å². The van der Waals surface area contributed by atoms with Gasteiger partial charge in [-0.1, -0.05) is 6.07 Å². The summed E-state index contributed by atoms with van der Waals surface area (Å²) < 4.78 is 32.9. The largest absolute Gasteiger partial charge is 0.377 e. The van der Waals surface area contributed by atoms with Gasteiger partial charge in [0.15, 0.2) is 0 Å². The molecular weight excluding hydrogens is 332 g/mol. The molecule has 1 fully saturated rings. The molecule has 1 heterocycles. The van der Waals surface area contributed by atoms with E-state index in [2.05, 4.69) is 20.7 Å².